The van der Waals surface area contributed by atoms with Crippen molar-refractivity contribution in [2.45, 2.75) is 19.3 Å². The maximum absolute atomic E-state index is 12.6. The fourth-order valence-corrected chi connectivity index (χ4v) is 4.53. The van der Waals surface area contributed by atoms with Crippen molar-refractivity contribution in [2.75, 3.05) is 37.6 Å². The van der Waals surface area contributed by atoms with Crippen molar-refractivity contribution in [1.29, 1.82) is 0 Å². The summed E-state index contributed by atoms with van der Waals surface area (Å²) in [6.07, 6.45) is 5.40. The van der Waals surface area contributed by atoms with E-state index in [-0.39, 0.29) is 42.5 Å². The zero-order valence-corrected chi connectivity index (χ0v) is 16.5. The number of carbonyl (C=O) groups is 3. The van der Waals surface area contributed by atoms with Crippen LogP contribution >= 0.6 is 11.6 Å². The van der Waals surface area contributed by atoms with E-state index in [9.17, 15) is 14.4 Å². The number of benzene rings is 1. The van der Waals surface area contributed by atoms with Gasteiger partial charge in [0.25, 0.3) is 0 Å². The van der Waals surface area contributed by atoms with Crippen LogP contribution in [-0.4, -0.2) is 60.2 Å². The Morgan fingerprint density at radius 3 is 2.25 bits per heavy atom. The highest BCUT2D eigenvalue weighted by molar-refractivity contribution is 6.30. The molecule has 0 N–H and O–H groups in total. The number of carbonyl (C=O) groups excluding carboxylic acids is 3. The lowest BCUT2D eigenvalue weighted by atomic mass is 9.85. The number of piperazine rings is 1. The highest BCUT2D eigenvalue weighted by Crippen LogP contribution is 2.35. The number of halogens is 1. The summed E-state index contributed by atoms with van der Waals surface area (Å²) in [5.74, 6) is -0.683. The molecule has 28 heavy (non-hydrogen) atoms. The van der Waals surface area contributed by atoms with Crippen LogP contribution in [0.3, 0.4) is 0 Å². The van der Waals surface area contributed by atoms with Gasteiger partial charge in [0.05, 0.1) is 11.8 Å². The predicted octanol–water partition coefficient (Wildman–Crippen LogP) is 2.33. The molecular formula is C21H24ClN3O3. The van der Waals surface area contributed by atoms with Gasteiger partial charge < -0.3 is 9.80 Å². The molecule has 0 spiro atoms. The second-order valence-electron chi connectivity index (χ2n) is 7.58. The van der Waals surface area contributed by atoms with Crippen LogP contribution in [0.1, 0.15) is 19.3 Å². The third kappa shape index (κ3) is 3.65. The van der Waals surface area contributed by atoms with Crippen LogP contribution in [0, 0.1) is 11.8 Å². The minimum absolute atomic E-state index is 0.000610. The number of hydrogen-bond acceptors (Lipinski definition) is 4. The standard InChI is InChI=1S/C21H24ClN3O3/c22-15-4-3-5-16(14-15)23-10-12-24(13-11-23)19(26)8-9-25-20(27)17-6-1-2-7-18(17)21(25)28/h1-5,14,17-18H,6-13H2/t17-,18-/m0/s1. The summed E-state index contributed by atoms with van der Waals surface area (Å²) in [5, 5.41) is 0.701. The number of rotatable bonds is 4. The van der Waals surface area contributed by atoms with Gasteiger partial charge in [-0.2, -0.15) is 0 Å². The first kappa shape index (κ1) is 19.0. The summed E-state index contributed by atoms with van der Waals surface area (Å²) in [4.78, 5) is 42.9. The molecule has 2 saturated heterocycles. The lowest BCUT2D eigenvalue weighted by Crippen LogP contribution is -2.49. The van der Waals surface area contributed by atoms with Gasteiger partial charge in [-0.25, -0.2) is 0 Å². The molecule has 0 bridgehead atoms. The van der Waals surface area contributed by atoms with E-state index in [1.807, 2.05) is 41.3 Å². The molecule has 4 rings (SSSR count). The monoisotopic (exact) mass is 401 g/mol. The van der Waals surface area contributed by atoms with E-state index in [2.05, 4.69) is 4.90 Å². The van der Waals surface area contributed by atoms with Crippen molar-refractivity contribution in [1.82, 2.24) is 9.80 Å². The van der Waals surface area contributed by atoms with Gasteiger partial charge in [-0.1, -0.05) is 29.8 Å². The van der Waals surface area contributed by atoms with Crippen molar-refractivity contribution >= 4 is 35.0 Å². The minimum Gasteiger partial charge on any atom is -0.368 e. The molecule has 0 aromatic heterocycles. The van der Waals surface area contributed by atoms with Crippen LogP contribution in [-0.2, 0) is 14.4 Å². The smallest absolute Gasteiger partial charge is 0.233 e. The number of anilines is 1. The molecule has 6 nitrogen and oxygen atoms in total. The first-order valence-corrected chi connectivity index (χ1v) is 10.2. The number of imide groups is 1. The molecule has 7 heteroatoms. The first-order chi connectivity index (χ1) is 13.5. The summed E-state index contributed by atoms with van der Waals surface area (Å²) >= 11 is 6.06. The second kappa shape index (κ2) is 7.95. The fourth-order valence-electron chi connectivity index (χ4n) is 4.34. The van der Waals surface area contributed by atoms with Gasteiger partial charge in [0.15, 0.2) is 0 Å². The van der Waals surface area contributed by atoms with E-state index < -0.39 is 0 Å². The third-order valence-electron chi connectivity index (χ3n) is 5.95. The molecule has 0 saturated carbocycles. The molecule has 3 amide bonds. The van der Waals surface area contributed by atoms with Gasteiger partial charge in [0.2, 0.25) is 17.7 Å². The molecule has 1 aliphatic carbocycles. The van der Waals surface area contributed by atoms with E-state index in [4.69, 9.17) is 11.6 Å². The molecule has 0 unspecified atom stereocenters. The molecule has 0 radical (unpaired) electrons. The van der Waals surface area contributed by atoms with Gasteiger partial charge in [-0.05, 0) is 31.0 Å². The number of allylic oxidation sites excluding steroid dienone is 2. The highest BCUT2D eigenvalue weighted by atomic mass is 35.5. The molecule has 2 aliphatic heterocycles. The molecule has 1 aromatic rings. The molecule has 3 aliphatic rings. The highest BCUT2D eigenvalue weighted by Gasteiger charge is 2.47. The molecular weight excluding hydrogens is 378 g/mol. The van der Waals surface area contributed by atoms with E-state index in [0.717, 1.165) is 18.8 Å². The predicted molar refractivity (Wildman–Crippen MR) is 107 cm³/mol. The molecule has 148 valence electrons. The summed E-state index contributed by atoms with van der Waals surface area (Å²) in [6.45, 7) is 2.93. The summed E-state index contributed by atoms with van der Waals surface area (Å²) < 4.78 is 0. The molecule has 2 heterocycles. The van der Waals surface area contributed by atoms with E-state index in [1.54, 1.807) is 0 Å². The molecule has 2 atom stereocenters. The van der Waals surface area contributed by atoms with E-state index in [1.165, 1.54) is 4.90 Å². The maximum atomic E-state index is 12.6. The Bertz CT molecular complexity index is 791. The zero-order chi connectivity index (χ0) is 19.7. The van der Waals surface area contributed by atoms with Gasteiger partial charge >= 0.3 is 0 Å². The van der Waals surface area contributed by atoms with Gasteiger partial charge in [-0.3, -0.25) is 19.3 Å². The Kier molecular flexibility index (Phi) is 5.40. The van der Waals surface area contributed by atoms with Crippen molar-refractivity contribution < 1.29 is 14.4 Å². The normalized spacial score (nSPS) is 24.7. The number of fused-ring (bicyclic) bond motifs is 1. The molecule has 2 fully saturated rings. The number of nitrogens with zero attached hydrogens (tertiary/aromatic N) is 3. The fraction of sp³-hybridized carbons (Fsp3) is 0.476. The van der Waals surface area contributed by atoms with E-state index >= 15 is 0 Å². The Balaban J connectivity index is 1.28. The summed E-state index contributed by atoms with van der Waals surface area (Å²) in [5.41, 5.74) is 1.06. The maximum Gasteiger partial charge on any atom is 0.233 e. The Morgan fingerprint density at radius 1 is 1.00 bits per heavy atom. The largest absolute Gasteiger partial charge is 0.368 e. The van der Waals surface area contributed by atoms with Crippen LogP contribution in [0.4, 0.5) is 5.69 Å². The van der Waals surface area contributed by atoms with Gasteiger partial charge in [0.1, 0.15) is 0 Å². The number of hydrogen-bond donors (Lipinski definition) is 0. The average molecular weight is 402 g/mol. The van der Waals surface area contributed by atoms with Gasteiger partial charge in [0, 0.05) is 49.9 Å². The lowest BCUT2D eigenvalue weighted by Gasteiger charge is -2.36. The first-order valence-electron chi connectivity index (χ1n) is 9.83. The Labute approximate surface area is 169 Å². The van der Waals surface area contributed by atoms with E-state index in [0.29, 0.717) is 31.0 Å². The average Bonchev–Trinajstić information content (AvgIpc) is 2.97. The van der Waals surface area contributed by atoms with Crippen LogP contribution in [0.25, 0.3) is 0 Å². The second-order valence-corrected chi connectivity index (χ2v) is 8.02. The minimum atomic E-state index is -0.228. The number of amides is 3. The Hall–Kier alpha value is -2.34. The van der Waals surface area contributed by atoms with Crippen molar-refractivity contribution in [3.8, 4) is 0 Å². The zero-order valence-electron chi connectivity index (χ0n) is 15.7. The Morgan fingerprint density at radius 2 is 1.64 bits per heavy atom. The van der Waals surface area contributed by atoms with Crippen molar-refractivity contribution in [2.24, 2.45) is 11.8 Å². The quantitative estimate of drug-likeness (QED) is 0.574. The topological polar surface area (TPSA) is 60.9 Å². The SMILES string of the molecule is O=C(CCN1C(=O)[C@H]2CC=CC[C@@H]2C1=O)N1CCN(c2cccc(Cl)c2)CC1. The van der Waals surface area contributed by atoms with Gasteiger partial charge in [-0.15, -0.1) is 0 Å². The molecule has 1 aromatic carbocycles. The lowest BCUT2D eigenvalue weighted by molar-refractivity contribution is -0.140. The van der Waals surface area contributed by atoms with Crippen molar-refractivity contribution in [3.63, 3.8) is 0 Å². The van der Waals surface area contributed by atoms with Crippen molar-refractivity contribution in [3.05, 3.63) is 41.4 Å². The van der Waals surface area contributed by atoms with Crippen LogP contribution < -0.4 is 4.90 Å². The van der Waals surface area contributed by atoms with Crippen LogP contribution in [0.5, 0.6) is 0 Å². The summed E-state index contributed by atoms with van der Waals surface area (Å²) in [6, 6.07) is 7.71. The summed E-state index contributed by atoms with van der Waals surface area (Å²) in [7, 11) is 0. The number of likely N-dealkylation sites (tertiary alicyclic amines) is 1. The third-order valence-corrected chi connectivity index (χ3v) is 6.19. The van der Waals surface area contributed by atoms with Crippen LogP contribution in [0.15, 0.2) is 36.4 Å². The van der Waals surface area contributed by atoms with Crippen LogP contribution in [0.2, 0.25) is 5.02 Å².